The van der Waals surface area contributed by atoms with E-state index in [9.17, 15) is 4.79 Å². The lowest BCUT2D eigenvalue weighted by Gasteiger charge is -2.17. The van der Waals surface area contributed by atoms with E-state index in [1.807, 2.05) is 31.4 Å². The zero-order chi connectivity index (χ0) is 21.9. The van der Waals surface area contributed by atoms with Crippen LogP contribution < -0.4 is 0 Å². The number of nitrogens with zero attached hydrogens (tertiary/aromatic N) is 4. The van der Waals surface area contributed by atoms with E-state index >= 15 is 4.39 Å². The van der Waals surface area contributed by atoms with Crippen LogP contribution >= 0.6 is 11.6 Å². The molecule has 1 aliphatic heterocycles. The van der Waals surface area contributed by atoms with Crippen LogP contribution in [-0.2, 0) is 20.1 Å². The minimum absolute atomic E-state index is 0.0259. The first-order valence-electron chi connectivity index (χ1n) is 9.95. The molecule has 0 saturated heterocycles. The number of hydrogen-bond acceptors (Lipinski definition) is 3. The minimum atomic E-state index is -2.16. The maximum Gasteiger partial charge on any atom is 0.256 e. The van der Waals surface area contributed by atoms with Crippen molar-refractivity contribution in [3.63, 3.8) is 0 Å². The van der Waals surface area contributed by atoms with Crippen molar-refractivity contribution in [2.45, 2.75) is 13.0 Å². The van der Waals surface area contributed by atoms with Gasteiger partial charge in [-0.3, -0.25) is 14.5 Å². The summed E-state index contributed by atoms with van der Waals surface area (Å²) < 4.78 is 33.5. The molecule has 0 fully saturated rings. The highest BCUT2D eigenvalue weighted by Crippen LogP contribution is 2.32. The zero-order valence-electron chi connectivity index (χ0n) is 17.4. The second kappa shape index (κ2) is 6.67. The van der Waals surface area contributed by atoms with Crippen LogP contribution in [0, 0.1) is 5.82 Å². The number of pyridine rings is 1. The molecule has 0 atom stereocenters. The fourth-order valence-corrected chi connectivity index (χ4v) is 3.78. The normalized spacial score (nSPS) is 16.1. The van der Waals surface area contributed by atoms with E-state index in [0.717, 1.165) is 21.4 Å². The number of halogens is 2. The molecule has 7 heteroatoms. The molecule has 0 aliphatic carbocycles. The van der Waals surface area contributed by atoms with Gasteiger partial charge < -0.3 is 4.90 Å². The van der Waals surface area contributed by atoms with E-state index in [2.05, 4.69) is 10.1 Å². The Hall–Kier alpha value is -3.25. The third-order valence-corrected chi connectivity index (χ3v) is 5.27. The Kier molecular flexibility index (Phi) is 3.60. The fourth-order valence-electron chi connectivity index (χ4n) is 3.51. The van der Waals surface area contributed by atoms with Crippen LogP contribution in [0.3, 0.4) is 0 Å². The van der Waals surface area contributed by atoms with E-state index in [1.54, 1.807) is 16.8 Å². The predicted molar refractivity (Wildman–Crippen MR) is 109 cm³/mol. The van der Waals surface area contributed by atoms with Gasteiger partial charge in [0.2, 0.25) is 0 Å². The summed E-state index contributed by atoms with van der Waals surface area (Å²) in [7, 11) is 1.83. The lowest BCUT2D eigenvalue weighted by Crippen LogP contribution is -2.24. The topological polar surface area (TPSA) is 51.0 Å². The number of amides is 1. The molecule has 0 spiro atoms. The maximum absolute atomic E-state index is 15.1. The molecule has 1 aliphatic rings. The third kappa shape index (κ3) is 3.06. The average Bonchev–Trinajstić information content (AvgIpc) is 3.19. The molecule has 0 unspecified atom stereocenters. The maximum atomic E-state index is 15.1. The number of carbonyl (C=O) groups is 1. The Morgan fingerprint density at radius 2 is 2.10 bits per heavy atom. The molecular weight excluding hydrogens is 391 g/mol. The molecule has 4 aromatic rings. The molecule has 0 radical (unpaired) electrons. The van der Waals surface area contributed by atoms with Gasteiger partial charge in [0.1, 0.15) is 5.82 Å². The molecule has 2 aromatic heterocycles. The second-order valence-corrected chi connectivity index (χ2v) is 7.30. The number of fused-ring (bicyclic) bond motifs is 2. The molecule has 0 bridgehead atoms. The summed E-state index contributed by atoms with van der Waals surface area (Å²) >= 11 is 6.40. The van der Waals surface area contributed by atoms with Crippen LogP contribution in [0.15, 0.2) is 54.9 Å². The van der Waals surface area contributed by atoms with Crippen molar-refractivity contribution in [1.29, 1.82) is 0 Å². The monoisotopic (exact) mass is 408 g/mol. The Bertz CT molecular complexity index is 1350. The van der Waals surface area contributed by atoms with Gasteiger partial charge in [-0.1, -0.05) is 17.7 Å². The largest absolute Gasteiger partial charge is 0.328 e. The van der Waals surface area contributed by atoms with Crippen molar-refractivity contribution >= 4 is 28.4 Å². The lowest BCUT2D eigenvalue weighted by atomic mass is 10.0. The first-order valence-corrected chi connectivity index (χ1v) is 9.32. The highest BCUT2D eigenvalue weighted by atomic mass is 35.5. The molecule has 0 N–H and O–H groups in total. The fraction of sp³-hybridized carbons (Fsp3) is 0.136. The Labute approximate surface area is 174 Å². The van der Waals surface area contributed by atoms with Gasteiger partial charge in [-0.25, -0.2) is 4.39 Å². The molecule has 2 aromatic carbocycles. The van der Waals surface area contributed by atoms with Gasteiger partial charge in [0.05, 0.1) is 32.6 Å². The molecule has 144 valence electrons. The first kappa shape index (κ1) is 15.6. The Morgan fingerprint density at radius 3 is 2.90 bits per heavy atom. The predicted octanol–water partition coefficient (Wildman–Crippen LogP) is 4.58. The second-order valence-electron chi connectivity index (χ2n) is 6.90. The van der Waals surface area contributed by atoms with Crippen molar-refractivity contribution in [2.24, 2.45) is 7.05 Å². The van der Waals surface area contributed by atoms with Crippen LogP contribution in [0.1, 0.15) is 24.4 Å². The lowest BCUT2D eigenvalue weighted by molar-refractivity contribution is 0.0765. The minimum Gasteiger partial charge on any atom is -0.328 e. The molecule has 1 amide bonds. The molecular formula is C22H16ClFN4O. The van der Waals surface area contributed by atoms with Gasteiger partial charge in [0, 0.05) is 35.4 Å². The number of aromatic nitrogens is 3. The summed E-state index contributed by atoms with van der Waals surface area (Å²) in [5.74, 6) is -1.16. The van der Waals surface area contributed by atoms with Crippen LogP contribution in [0.4, 0.5) is 4.39 Å². The first-order chi connectivity index (χ1) is 14.8. The highest BCUT2D eigenvalue weighted by molar-refractivity contribution is 6.31. The van der Waals surface area contributed by atoms with Crippen LogP contribution in [-0.4, -0.2) is 25.6 Å². The molecule has 29 heavy (non-hydrogen) atoms. The van der Waals surface area contributed by atoms with Gasteiger partial charge in [-0.05, 0) is 47.5 Å². The summed E-state index contributed by atoms with van der Waals surface area (Å²) in [5.41, 5.74) is 2.44. The molecule has 5 nitrogen and oxygen atoms in total. The number of aryl methyl sites for hydroxylation is 1. The summed E-state index contributed by atoms with van der Waals surface area (Å²) in [5, 5.41) is 5.37. The van der Waals surface area contributed by atoms with Crippen molar-refractivity contribution in [3.8, 4) is 11.1 Å². The van der Waals surface area contributed by atoms with E-state index in [-0.39, 0.29) is 28.4 Å². The molecule has 0 saturated carbocycles. The Morgan fingerprint density at radius 1 is 1.24 bits per heavy atom. The highest BCUT2D eigenvalue weighted by Gasteiger charge is 2.29. The number of hydrogen-bond donors (Lipinski definition) is 0. The van der Waals surface area contributed by atoms with Gasteiger partial charge in [0.25, 0.3) is 5.91 Å². The summed E-state index contributed by atoms with van der Waals surface area (Å²) in [4.78, 5) is 17.7. The number of benzene rings is 2. The van der Waals surface area contributed by atoms with Gasteiger partial charge in [0.15, 0.2) is 0 Å². The van der Waals surface area contributed by atoms with Gasteiger partial charge in [-0.15, -0.1) is 0 Å². The van der Waals surface area contributed by atoms with Crippen LogP contribution in [0.2, 0.25) is 5.02 Å². The summed E-state index contributed by atoms with van der Waals surface area (Å²) in [6, 6.07) is 11.6. The summed E-state index contributed by atoms with van der Waals surface area (Å²) in [6.07, 6.45) is 3.30. The number of carbonyl (C=O) groups excluding carboxylic acids is 1. The third-order valence-electron chi connectivity index (χ3n) is 4.93. The van der Waals surface area contributed by atoms with Crippen molar-refractivity contribution in [2.75, 3.05) is 0 Å². The number of rotatable bonds is 3. The summed E-state index contributed by atoms with van der Waals surface area (Å²) in [6.45, 7) is -2.47. The van der Waals surface area contributed by atoms with Gasteiger partial charge in [-0.2, -0.15) is 5.10 Å². The van der Waals surface area contributed by atoms with E-state index < -0.39 is 18.2 Å². The average molecular weight is 409 g/mol. The SMILES string of the molecule is [2H]C1([2H])c2ncccc2C(=O)N1Cc1c(F)cc(-c2ccc3nn(C)cc3c2)cc1Cl. The van der Waals surface area contributed by atoms with Crippen molar-refractivity contribution < 1.29 is 11.9 Å². The zero-order valence-corrected chi connectivity index (χ0v) is 16.1. The van der Waals surface area contributed by atoms with Crippen LogP contribution in [0.5, 0.6) is 0 Å². The Balaban J connectivity index is 1.51. The van der Waals surface area contributed by atoms with Crippen LogP contribution in [0.25, 0.3) is 22.0 Å². The van der Waals surface area contributed by atoms with Crippen molar-refractivity contribution in [1.82, 2.24) is 19.7 Å². The standard InChI is InChI=1S/C22H16ClFN4O/c1-27-10-15-7-13(4-5-20(15)26-27)14-8-18(23)17(19(24)9-14)11-28-12-21-16(22(28)29)3-2-6-25-21/h2-10H,11-12H2,1H3/i12D2. The smallest absolute Gasteiger partial charge is 0.256 e. The molecule has 3 heterocycles. The van der Waals surface area contributed by atoms with Gasteiger partial charge >= 0.3 is 0 Å². The quantitative estimate of drug-likeness (QED) is 0.498. The van der Waals surface area contributed by atoms with Crippen molar-refractivity contribution in [3.05, 3.63) is 82.5 Å². The van der Waals surface area contributed by atoms with E-state index in [4.69, 9.17) is 14.3 Å². The van der Waals surface area contributed by atoms with E-state index in [0.29, 0.717) is 5.56 Å². The molecule has 5 rings (SSSR count). The van der Waals surface area contributed by atoms with E-state index in [1.165, 1.54) is 18.3 Å².